The fourth-order valence-electron chi connectivity index (χ4n) is 2.88. The smallest absolute Gasteiger partial charge is 0.181 e. The molecule has 5 nitrogen and oxygen atoms in total. The van der Waals surface area contributed by atoms with Crippen molar-refractivity contribution in [1.29, 1.82) is 0 Å². The molecular weight excluding hydrogens is 381 g/mol. The van der Waals surface area contributed by atoms with Crippen molar-refractivity contribution in [2.45, 2.75) is 32.7 Å². The second-order valence-corrected chi connectivity index (χ2v) is 6.79. The topological polar surface area (TPSA) is 57.0 Å². The molecule has 0 bridgehead atoms. The second-order valence-electron chi connectivity index (χ2n) is 6.38. The van der Waals surface area contributed by atoms with Gasteiger partial charge in [0.15, 0.2) is 11.6 Å². The number of halogens is 2. The number of carbonyl (C=O) groups is 1. The Morgan fingerprint density at radius 3 is 2.79 bits per heavy atom. The van der Waals surface area contributed by atoms with Gasteiger partial charge in [-0.3, -0.25) is 4.79 Å². The molecule has 0 aliphatic heterocycles. The summed E-state index contributed by atoms with van der Waals surface area (Å²) in [5, 5.41) is 4.45. The molecule has 3 aromatic rings. The average molecular weight is 402 g/mol. The zero-order valence-corrected chi connectivity index (χ0v) is 16.5. The van der Waals surface area contributed by atoms with Crippen molar-refractivity contribution in [3.8, 4) is 17.1 Å². The Balaban J connectivity index is 1.69. The summed E-state index contributed by atoms with van der Waals surface area (Å²) in [7, 11) is 1.62. The van der Waals surface area contributed by atoms with Crippen molar-refractivity contribution < 1.29 is 13.9 Å². The monoisotopic (exact) mass is 401 g/mol. The molecule has 0 spiro atoms. The van der Waals surface area contributed by atoms with Crippen LogP contribution in [0.3, 0.4) is 0 Å². The number of rotatable bonds is 8. The predicted octanol–water partition coefficient (Wildman–Crippen LogP) is 4.51. The number of methoxy groups -OCH3 is 1. The number of carbonyl (C=O) groups excluding carboxylic acids is 1. The number of ether oxygens (including phenoxy) is 1. The van der Waals surface area contributed by atoms with E-state index in [2.05, 4.69) is 10.1 Å². The fraction of sp³-hybridized carbons (Fsp3) is 0.286. The molecular formula is C21H21ClFN3O2. The second kappa shape index (κ2) is 8.97. The molecule has 0 aliphatic rings. The Kier molecular flexibility index (Phi) is 6.41. The van der Waals surface area contributed by atoms with E-state index >= 15 is 0 Å². The van der Waals surface area contributed by atoms with Gasteiger partial charge in [-0.25, -0.2) is 14.1 Å². The Morgan fingerprint density at radius 1 is 1.25 bits per heavy atom. The molecule has 1 aromatic heterocycles. The molecule has 0 unspecified atom stereocenters. The van der Waals surface area contributed by atoms with Gasteiger partial charge in [0.1, 0.15) is 23.9 Å². The van der Waals surface area contributed by atoms with Crippen molar-refractivity contribution in [2.24, 2.45) is 0 Å². The number of aromatic nitrogens is 3. The summed E-state index contributed by atoms with van der Waals surface area (Å²) in [6.07, 6.45) is 1.63. The van der Waals surface area contributed by atoms with Crippen LogP contribution in [0, 0.1) is 5.82 Å². The molecule has 0 radical (unpaired) electrons. The van der Waals surface area contributed by atoms with Crippen LogP contribution in [0.2, 0.25) is 5.02 Å². The number of hydrogen-bond donors (Lipinski definition) is 0. The Hall–Kier alpha value is -2.73. The van der Waals surface area contributed by atoms with Crippen LogP contribution < -0.4 is 4.74 Å². The highest BCUT2D eigenvalue weighted by Gasteiger charge is 2.14. The van der Waals surface area contributed by atoms with Gasteiger partial charge >= 0.3 is 0 Å². The summed E-state index contributed by atoms with van der Waals surface area (Å²) >= 11 is 5.73. The SMILES string of the molecule is CCc1nc(-c2ccc(Cl)c(F)c2)nn1CC(=O)CCc1cccc(OC)c1. The Morgan fingerprint density at radius 2 is 2.07 bits per heavy atom. The predicted molar refractivity (Wildman–Crippen MR) is 106 cm³/mol. The number of nitrogens with zero attached hydrogens (tertiary/aromatic N) is 3. The first-order valence-electron chi connectivity index (χ1n) is 9.04. The lowest BCUT2D eigenvalue weighted by Gasteiger charge is -2.06. The van der Waals surface area contributed by atoms with Gasteiger partial charge in [0.2, 0.25) is 0 Å². The van der Waals surface area contributed by atoms with Crippen molar-refractivity contribution in [2.75, 3.05) is 7.11 Å². The van der Waals surface area contributed by atoms with Crippen molar-refractivity contribution in [3.63, 3.8) is 0 Å². The van der Waals surface area contributed by atoms with Crippen molar-refractivity contribution in [3.05, 3.63) is 64.7 Å². The van der Waals surface area contributed by atoms with Gasteiger partial charge in [-0.15, -0.1) is 0 Å². The Bertz CT molecular complexity index is 988. The van der Waals surface area contributed by atoms with Crippen LogP contribution in [-0.2, 0) is 24.2 Å². The van der Waals surface area contributed by atoms with E-state index in [-0.39, 0.29) is 17.4 Å². The lowest BCUT2D eigenvalue weighted by molar-refractivity contribution is -0.119. The minimum atomic E-state index is -0.525. The van der Waals surface area contributed by atoms with Crippen LogP contribution in [0.15, 0.2) is 42.5 Å². The number of Topliss-reactive ketones (excluding diaryl/α,β-unsaturated/α-hetero) is 1. The molecule has 0 atom stereocenters. The van der Waals surface area contributed by atoms with E-state index in [1.54, 1.807) is 17.9 Å². The maximum Gasteiger partial charge on any atom is 0.181 e. The molecule has 7 heteroatoms. The fourth-order valence-corrected chi connectivity index (χ4v) is 3.00. The van der Waals surface area contributed by atoms with E-state index in [1.807, 2.05) is 31.2 Å². The number of ketones is 1. The van der Waals surface area contributed by atoms with E-state index in [0.717, 1.165) is 11.3 Å². The number of aryl methyl sites for hydroxylation is 2. The maximum absolute atomic E-state index is 13.7. The lowest BCUT2D eigenvalue weighted by Crippen LogP contribution is -2.14. The summed E-state index contributed by atoms with van der Waals surface area (Å²) in [6.45, 7) is 2.07. The lowest BCUT2D eigenvalue weighted by atomic mass is 10.1. The number of hydrogen-bond acceptors (Lipinski definition) is 4. The van der Waals surface area contributed by atoms with Gasteiger partial charge in [0, 0.05) is 18.4 Å². The molecule has 2 aromatic carbocycles. The first-order chi connectivity index (χ1) is 13.5. The van der Waals surface area contributed by atoms with Crippen LogP contribution in [-0.4, -0.2) is 27.7 Å². The zero-order chi connectivity index (χ0) is 20.1. The van der Waals surface area contributed by atoms with Gasteiger partial charge in [-0.05, 0) is 42.3 Å². The molecule has 28 heavy (non-hydrogen) atoms. The minimum absolute atomic E-state index is 0.0478. The van der Waals surface area contributed by atoms with Crippen LogP contribution in [0.5, 0.6) is 5.75 Å². The van der Waals surface area contributed by atoms with Crippen LogP contribution in [0.4, 0.5) is 4.39 Å². The Labute approximate surface area is 168 Å². The molecule has 0 amide bonds. The largest absolute Gasteiger partial charge is 0.497 e. The summed E-state index contributed by atoms with van der Waals surface area (Å²) in [5.41, 5.74) is 1.57. The van der Waals surface area contributed by atoms with Gasteiger partial charge in [-0.1, -0.05) is 30.7 Å². The first kappa shape index (κ1) is 20.0. The highest BCUT2D eigenvalue weighted by atomic mass is 35.5. The minimum Gasteiger partial charge on any atom is -0.497 e. The van der Waals surface area contributed by atoms with E-state index in [4.69, 9.17) is 16.3 Å². The molecule has 0 N–H and O–H groups in total. The summed E-state index contributed by atoms with van der Waals surface area (Å²) < 4.78 is 20.5. The highest BCUT2D eigenvalue weighted by molar-refractivity contribution is 6.30. The molecule has 0 aliphatic carbocycles. The van der Waals surface area contributed by atoms with Crippen molar-refractivity contribution in [1.82, 2.24) is 14.8 Å². The number of benzene rings is 2. The highest BCUT2D eigenvalue weighted by Crippen LogP contribution is 2.22. The quantitative estimate of drug-likeness (QED) is 0.557. The van der Waals surface area contributed by atoms with E-state index < -0.39 is 5.82 Å². The molecule has 1 heterocycles. The van der Waals surface area contributed by atoms with Gasteiger partial charge in [-0.2, -0.15) is 5.10 Å². The molecule has 0 saturated heterocycles. The maximum atomic E-state index is 13.7. The summed E-state index contributed by atoms with van der Waals surface area (Å²) in [4.78, 5) is 16.9. The first-order valence-corrected chi connectivity index (χ1v) is 9.41. The van der Waals surface area contributed by atoms with Gasteiger partial charge < -0.3 is 4.74 Å². The van der Waals surface area contributed by atoms with Crippen LogP contribution in [0.25, 0.3) is 11.4 Å². The molecule has 0 saturated carbocycles. The molecule has 146 valence electrons. The van der Waals surface area contributed by atoms with Crippen LogP contribution >= 0.6 is 11.6 Å². The van der Waals surface area contributed by atoms with Crippen molar-refractivity contribution >= 4 is 17.4 Å². The standard InChI is InChI=1S/C21H21ClFN3O2/c1-3-20-24-21(15-8-10-18(22)19(23)12-15)25-26(20)13-16(27)9-7-14-5-4-6-17(11-14)28-2/h4-6,8,10-12H,3,7,9,13H2,1-2H3. The third-order valence-corrected chi connectivity index (χ3v) is 4.70. The van der Waals surface area contributed by atoms with Gasteiger partial charge in [0.25, 0.3) is 0 Å². The summed E-state index contributed by atoms with van der Waals surface area (Å²) in [6, 6.07) is 12.1. The molecule has 3 rings (SSSR count). The zero-order valence-electron chi connectivity index (χ0n) is 15.8. The normalized spacial score (nSPS) is 10.9. The van der Waals surface area contributed by atoms with Gasteiger partial charge in [0.05, 0.1) is 12.1 Å². The average Bonchev–Trinajstić information content (AvgIpc) is 3.11. The van der Waals surface area contributed by atoms with E-state index in [1.165, 1.54) is 12.1 Å². The van der Waals surface area contributed by atoms with Crippen LogP contribution in [0.1, 0.15) is 24.7 Å². The third-order valence-electron chi connectivity index (χ3n) is 4.40. The summed E-state index contributed by atoms with van der Waals surface area (Å²) in [5.74, 6) is 1.36. The molecule has 0 fully saturated rings. The van der Waals surface area contributed by atoms with E-state index in [0.29, 0.717) is 36.5 Å². The van der Waals surface area contributed by atoms with E-state index in [9.17, 15) is 9.18 Å². The third kappa shape index (κ3) is 4.75.